The van der Waals surface area contributed by atoms with Crippen molar-refractivity contribution in [3.8, 4) is 5.75 Å². The molecule has 0 bridgehead atoms. The van der Waals surface area contributed by atoms with Gasteiger partial charge in [-0.3, -0.25) is 4.79 Å². The first-order valence-corrected chi connectivity index (χ1v) is 11.4. The van der Waals surface area contributed by atoms with E-state index in [-0.39, 0.29) is 5.78 Å². The molecule has 0 fully saturated rings. The van der Waals surface area contributed by atoms with Crippen LogP contribution in [0.15, 0.2) is 48.5 Å². The molecule has 0 aliphatic rings. The zero-order valence-electron chi connectivity index (χ0n) is 19.9. The van der Waals surface area contributed by atoms with E-state index >= 15 is 0 Å². The normalized spacial score (nSPS) is 11.3. The third-order valence-electron chi connectivity index (χ3n) is 5.30. The number of allylic oxidation sites excluding steroid dienone is 1. The summed E-state index contributed by atoms with van der Waals surface area (Å²) in [5.74, 6) is 0.805. The van der Waals surface area contributed by atoms with Gasteiger partial charge >= 0.3 is 0 Å². The average molecular weight is 423 g/mol. The first-order valence-electron chi connectivity index (χ1n) is 11.4. The maximum absolute atomic E-state index is 12.7. The van der Waals surface area contributed by atoms with Gasteiger partial charge in [0.15, 0.2) is 5.78 Å². The maximum atomic E-state index is 12.7. The Labute approximate surface area is 188 Å². The Hall–Kier alpha value is -2.59. The number of rotatable bonds is 13. The molecule has 2 aromatic carbocycles. The summed E-state index contributed by atoms with van der Waals surface area (Å²) in [6.45, 7) is 7.38. The Morgan fingerprint density at radius 2 is 1.61 bits per heavy atom. The molecule has 2 aromatic rings. The van der Waals surface area contributed by atoms with E-state index in [4.69, 9.17) is 4.74 Å². The summed E-state index contributed by atoms with van der Waals surface area (Å²) in [5.41, 5.74) is 3.98. The lowest BCUT2D eigenvalue weighted by atomic mass is 10.0. The number of hydrogen-bond acceptors (Lipinski definition) is 4. The lowest BCUT2D eigenvalue weighted by molar-refractivity contribution is 0.104. The summed E-state index contributed by atoms with van der Waals surface area (Å²) >= 11 is 0. The second-order valence-electron chi connectivity index (χ2n) is 8.25. The van der Waals surface area contributed by atoms with E-state index in [2.05, 4.69) is 47.9 Å². The van der Waals surface area contributed by atoms with E-state index < -0.39 is 0 Å². The lowest BCUT2D eigenvalue weighted by Gasteiger charge is -2.24. The van der Waals surface area contributed by atoms with E-state index in [1.165, 1.54) is 31.4 Å². The largest absolute Gasteiger partial charge is 0.496 e. The zero-order valence-corrected chi connectivity index (χ0v) is 19.9. The Morgan fingerprint density at radius 1 is 0.968 bits per heavy atom. The topological polar surface area (TPSA) is 32.8 Å². The van der Waals surface area contributed by atoms with Gasteiger partial charge in [-0.1, -0.05) is 44.9 Å². The number of hydrogen-bond donors (Lipinski definition) is 0. The molecule has 0 saturated heterocycles. The molecule has 0 amide bonds. The zero-order chi connectivity index (χ0) is 22.6. The average Bonchev–Trinajstić information content (AvgIpc) is 2.77. The number of ether oxygens (including phenoxy) is 1. The number of benzene rings is 2. The minimum atomic E-state index is -0.000691. The Morgan fingerprint density at radius 3 is 2.16 bits per heavy atom. The molecule has 0 saturated carbocycles. The SMILES string of the molecule is CCCCN(CCCC)c1ccc(C=CC(=O)c2ccc(OC)c(CN(C)C)c2)cc1. The monoisotopic (exact) mass is 422 g/mol. The highest BCUT2D eigenvalue weighted by molar-refractivity contribution is 6.07. The van der Waals surface area contributed by atoms with Crippen molar-refractivity contribution < 1.29 is 9.53 Å². The summed E-state index contributed by atoms with van der Waals surface area (Å²) in [4.78, 5) is 17.2. The van der Waals surface area contributed by atoms with Gasteiger partial charge in [-0.15, -0.1) is 0 Å². The van der Waals surface area contributed by atoms with Crippen molar-refractivity contribution in [1.82, 2.24) is 4.90 Å². The third kappa shape index (κ3) is 7.87. The molecule has 0 aromatic heterocycles. The molecule has 0 heterocycles. The van der Waals surface area contributed by atoms with Gasteiger partial charge in [-0.2, -0.15) is 0 Å². The molecular formula is C27H38N2O2. The van der Waals surface area contributed by atoms with E-state index in [9.17, 15) is 4.79 Å². The number of methoxy groups -OCH3 is 1. The molecule has 0 N–H and O–H groups in total. The van der Waals surface area contributed by atoms with Gasteiger partial charge in [0.25, 0.3) is 0 Å². The quantitative estimate of drug-likeness (QED) is 0.290. The van der Waals surface area contributed by atoms with Crippen molar-refractivity contribution in [2.45, 2.75) is 46.1 Å². The first-order chi connectivity index (χ1) is 15.0. The van der Waals surface area contributed by atoms with E-state index in [0.717, 1.165) is 36.5 Å². The smallest absolute Gasteiger partial charge is 0.185 e. The van der Waals surface area contributed by atoms with Crippen LogP contribution in [0.1, 0.15) is 61.0 Å². The number of ketones is 1. The van der Waals surface area contributed by atoms with E-state index in [1.54, 1.807) is 13.2 Å². The van der Waals surface area contributed by atoms with Gasteiger partial charge < -0.3 is 14.5 Å². The van der Waals surface area contributed by atoms with Crippen LogP contribution in [0.5, 0.6) is 5.75 Å². The van der Waals surface area contributed by atoms with Crippen molar-refractivity contribution in [3.63, 3.8) is 0 Å². The second kappa shape index (κ2) is 13.0. The molecule has 0 radical (unpaired) electrons. The van der Waals surface area contributed by atoms with Crippen LogP contribution in [-0.2, 0) is 6.54 Å². The third-order valence-corrected chi connectivity index (χ3v) is 5.30. The molecule has 0 unspecified atom stereocenters. The van der Waals surface area contributed by atoms with Crippen molar-refractivity contribution in [3.05, 3.63) is 65.2 Å². The molecular weight excluding hydrogens is 384 g/mol. The van der Waals surface area contributed by atoms with Crippen LogP contribution in [0.2, 0.25) is 0 Å². The molecule has 4 heteroatoms. The van der Waals surface area contributed by atoms with Crippen LogP contribution >= 0.6 is 0 Å². The molecule has 0 spiro atoms. The van der Waals surface area contributed by atoms with Crippen molar-refractivity contribution in [2.24, 2.45) is 0 Å². The fourth-order valence-corrected chi connectivity index (χ4v) is 3.53. The van der Waals surface area contributed by atoms with E-state index in [0.29, 0.717) is 5.56 Å². The van der Waals surface area contributed by atoms with Crippen LogP contribution in [0.3, 0.4) is 0 Å². The van der Waals surface area contributed by atoms with Crippen LogP contribution in [0.25, 0.3) is 6.08 Å². The lowest BCUT2D eigenvalue weighted by Crippen LogP contribution is -2.25. The highest BCUT2D eigenvalue weighted by Crippen LogP contribution is 2.22. The fourth-order valence-electron chi connectivity index (χ4n) is 3.53. The molecule has 0 aliphatic carbocycles. The van der Waals surface area contributed by atoms with Gasteiger partial charge in [0.2, 0.25) is 0 Å². The Bertz CT molecular complexity index is 833. The van der Waals surface area contributed by atoms with E-state index in [1.807, 2.05) is 38.4 Å². The van der Waals surface area contributed by atoms with Crippen molar-refractivity contribution in [2.75, 3.05) is 39.2 Å². The molecule has 4 nitrogen and oxygen atoms in total. The van der Waals surface area contributed by atoms with Crippen molar-refractivity contribution >= 4 is 17.5 Å². The number of carbonyl (C=O) groups excluding carboxylic acids is 1. The van der Waals surface area contributed by atoms with Crippen LogP contribution in [0, 0.1) is 0 Å². The highest BCUT2D eigenvalue weighted by Gasteiger charge is 2.10. The van der Waals surface area contributed by atoms with Gasteiger partial charge in [-0.05, 0) is 68.9 Å². The number of nitrogens with zero attached hydrogens (tertiary/aromatic N) is 2. The molecule has 168 valence electrons. The standard InChI is InChI=1S/C27H38N2O2/c1-6-8-18-29(19-9-7-2)25-14-10-22(11-15-25)12-16-26(30)23-13-17-27(31-5)24(20-23)21-28(3)4/h10-17,20H,6-9,18-19,21H2,1-5H3. The summed E-state index contributed by atoms with van der Waals surface area (Å²) < 4.78 is 5.43. The van der Waals surface area contributed by atoms with Gasteiger partial charge in [0.05, 0.1) is 7.11 Å². The minimum Gasteiger partial charge on any atom is -0.496 e. The predicted molar refractivity (Wildman–Crippen MR) is 132 cm³/mol. The second-order valence-corrected chi connectivity index (χ2v) is 8.25. The summed E-state index contributed by atoms with van der Waals surface area (Å²) in [7, 11) is 5.66. The number of unbranched alkanes of at least 4 members (excludes halogenated alkanes) is 2. The number of anilines is 1. The maximum Gasteiger partial charge on any atom is 0.185 e. The highest BCUT2D eigenvalue weighted by atomic mass is 16.5. The summed E-state index contributed by atoms with van der Waals surface area (Å²) in [6.07, 6.45) is 8.36. The minimum absolute atomic E-state index is 0.000691. The first kappa shape index (κ1) is 24.7. The molecule has 0 aliphatic heterocycles. The van der Waals surface area contributed by atoms with Crippen molar-refractivity contribution in [1.29, 1.82) is 0 Å². The molecule has 2 rings (SSSR count). The Kier molecular flexibility index (Phi) is 10.3. The molecule has 0 atom stereocenters. The number of carbonyl (C=O) groups is 1. The fraction of sp³-hybridized carbons (Fsp3) is 0.444. The predicted octanol–water partition coefficient (Wildman–Crippen LogP) is 6.06. The Balaban J connectivity index is 2.10. The van der Waals surface area contributed by atoms with Gasteiger partial charge in [-0.25, -0.2) is 0 Å². The van der Waals surface area contributed by atoms with Crippen LogP contribution < -0.4 is 9.64 Å². The van der Waals surface area contributed by atoms with Gasteiger partial charge in [0, 0.05) is 36.4 Å². The van der Waals surface area contributed by atoms with Crippen LogP contribution in [0.4, 0.5) is 5.69 Å². The van der Waals surface area contributed by atoms with Gasteiger partial charge in [0.1, 0.15) is 5.75 Å². The summed E-state index contributed by atoms with van der Waals surface area (Å²) in [5, 5.41) is 0. The summed E-state index contributed by atoms with van der Waals surface area (Å²) in [6, 6.07) is 14.1. The molecule has 31 heavy (non-hydrogen) atoms. The van der Waals surface area contributed by atoms with Crippen LogP contribution in [-0.4, -0.2) is 45.0 Å².